The highest BCUT2D eigenvalue weighted by Gasteiger charge is 2.31. The third-order valence-electron chi connectivity index (χ3n) is 2.57. The van der Waals surface area contributed by atoms with E-state index in [0.717, 1.165) is 11.3 Å². The van der Waals surface area contributed by atoms with Gasteiger partial charge in [0.15, 0.2) is 0 Å². The molecule has 0 radical (unpaired) electrons. The van der Waals surface area contributed by atoms with E-state index in [1.54, 1.807) is 0 Å². The normalized spacial score (nSPS) is 21.6. The van der Waals surface area contributed by atoms with Crippen molar-refractivity contribution in [2.24, 2.45) is 0 Å². The Bertz CT molecular complexity index is 518. The van der Waals surface area contributed by atoms with Gasteiger partial charge in [-0.3, -0.25) is 0 Å². The second kappa shape index (κ2) is 6.26. The summed E-state index contributed by atoms with van der Waals surface area (Å²) < 4.78 is 26.7. The molecule has 1 aliphatic rings. The maximum Gasteiger partial charge on any atom is 0.245 e. The molecule has 104 valence electrons. The van der Waals surface area contributed by atoms with Crippen LogP contribution in [0.25, 0.3) is 0 Å². The number of nitrogens with one attached hydrogen (secondary N) is 1. The first kappa shape index (κ1) is 16.5. The van der Waals surface area contributed by atoms with Crippen molar-refractivity contribution >= 4 is 57.0 Å². The molecule has 9 heteroatoms. The smallest absolute Gasteiger partial charge is 0.245 e. The van der Waals surface area contributed by atoms with Crippen molar-refractivity contribution in [3.05, 3.63) is 14.7 Å². The first-order valence-electron chi connectivity index (χ1n) is 5.09. The van der Waals surface area contributed by atoms with Crippen molar-refractivity contribution in [1.82, 2.24) is 9.62 Å². The zero-order valence-electron chi connectivity index (χ0n) is 9.52. The average Bonchev–Trinajstić information content (AvgIpc) is 2.58. The van der Waals surface area contributed by atoms with Gasteiger partial charge < -0.3 is 5.32 Å². The van der Waals surface area contributed by atoms with Gasteiger partial charge in [-0.05, 0) is 13.0 Å². The molecule has 2 heterocycles. The maximum absolute atomic E-state index is 12.3. The van der Waals surface area contributed by atoms with Gasteiger partial charge >= 0.3 is 0 Å². The van der Waals surface area contributed by atoms with Crippen LogP contribution in [0.15, 0.2) is 11.0 Å². The van der Waals surface area contributed by atoms with Gasteiger partial charge in [0.05, 0.1) is 4.34 Å². The van der Waals surface area contributed by atoms with E-state index in [1.807, 2.05) is 6.92 Å². The van der Waals surface area contributed by atoms with Crippen LogP contribution >= 0.6 is 46.9 Å². The van der Waals surface area contributed by atoms with Gasteiger partial charge in [0.1, 0.15) is 9.23 Å². The lowest BCUT2D eigenvalue weighted by Gasteiger charge is -2.30. The lowest BCUT2D eigenvalue weighted by Crippen LogP contribution is -2.51. The van der Waals surface area contributed by atoms with Gasteiger partial charge in [-0.1, -0.05) is 23.2 Å². The van der Waals surface area contributed by atoms with E-state index in [2.05, 4.69) is 5.32 Å². The van der Waals surface area contributed by atoms with Crippen molar-refractivity contribution in [3.63, 3.8) is 0 Å². The minimum absolute atomic E-state index is 0. The van der Waals surface area contributed by atoms with Gasteiger partial charge in [-0.25, -0.2) is 8.42 Å². The van der Waals surface area contributed by atoms with Crippen LogP contribution in [0.1, 0.15) is 6.92 Å². The number of rotatable bonds is 2. The van der Waals surface area contributed by atoms with Gasteiger partial charge in [0.2, 0.25) is 10.0 Å². The predicted octanol–water partition coefficient (Wildman–Crippen LogP) is 2.46. The second-order valence-corrected chi connectivity index (χ2v) is 8.10. The number of nitrogens with zero attached hydrogens (tertiary/aromatic N) is 1. The molecule has 2 rings (SSSR count). The molecule has 1 saturated heterocycles. The molecule has 1 atom stereocenters. The van der Waals surface area contributed by atoms with E-state index in [1.165, 1.54) is 10.4 Å². The highest BCUT2D eigenvalue weighted by molar-refractivity contribution is 7.89. The number of thiophene rings is 1. The summed E-state index contributed by atoms with van der Waals surface area (Å²) in [7, 11) is -3.52. The molecule has 18 heavy (non-hydrogen) atoms. The van der Waals surface area contributed by atoms with Crippen LogP contribution in [0.5, 0.6) is 0 Å². The standard InChI is InChI=1S/C9H12Cl2N2O2S2.ClH/c1-6-5-13(3-2-12-6)17(14,15)7-4-8(10)16-9(7)11;/h4,6,12H,2-3,5H2,1H3;1H/t6-;/m1./s1. The number of hydrogen-bond donors (Lipinski definition) is 1. The lowest BCUT2D eigenvalue weighted by molar-refractivity contribution is 0.310. The summed E-state index contributed by atoms with van der Waals surface area (Å²) in [6, 6.07) is 1.56. The van der Waals surface area contributed by atoms with E-state index in [0.29, 0.717) is 24.0 Å². The molecule has 0 amide bonds. The van der Waals surface area contributed by atoms with E-state index in [-0.39, 0.29) is 27.7 Å². The monoisotopic (exact) mass is 350 g/mol. The summed E-state index contributed by atoms with van der Waals surface area (Å²) in [4.78, 5) is 0.114. The zero-order chi connectivity index (χ0) is 12.6. The first-order valence-corrected chi connectivity index (χ1v) is 8.11. The van der Waals surface area contributed by atoms with Gasteiger partial charge in [0.25, 0.3) is 0 Å². The van der Waals surface area contributed by atoms with Crippen molar-refractivity contribution < 1.29 is 8.42 Å². The molecule has 0 spiro atoms. The Balaban J connectivity index is 0.00000162. The Morgan fingerprint density at radius 2 is 2.17 bits per heavy atom. The van der Waals surface area contributed by atoms with Crippen LogP contribution in [0, 0.1) is 0 Å². The fourth-order valence-corrected chi connectivity index (χ4v) is 5.40. The Hall–Kier alpha value is 0.440. The van der Waals surface area contributed by atoms with Crippen molar-refractivity contribution in [3.8, 4) is 0 Å². The minimum Gasteiger partial charge on any atom is -0.312 e. The van der Waals surface area contributed by atoms with E-state index < -0.39 is 10.0 Å². The summed E-state index contributed by atoms with van der Waals surface area (Å²) in [5.41, 5.74) is 0. The number of piperazine rings is 1. The van der Waals surface area contributed by atoms with Crippen LogP contribution in [-0.4, -0.2) is 38.4 Å². The highest BCUT2D eigenvalue weighted by atomic mass is 35.5. The molecule has 1 fully saturated rings. The first-order chi connectivity index (χ1) is 7.91. The van der Waals surface area contributed by atoms with Crippen LogP contribution in [0.3, 0.4) is 0 Å². The number of hydrogen-bond acceptors (Lipinski definition) is 4. The van der Waals surface area contributed by atoms with Gasteiger partial charge in [-0.15, -0.1) is 23.7 Å². The summed E-state index contributed by atoms with van der Waals surface area (Å²) >= 11 is 12.7. The number of sulfonamides is 1. The SMILES string of the molecule is C[C@@H]1CN(S(=O)(=O)c2cc(Cl)sc2Cl)CCN1.Cl. The number of halogens is 3. The highest BCUT2D eigenvalue weighted by Crippen LogP contribution is 2.35. The molecule has 0 aromatic carbocycles. The van der Waals surface area contributed by atoms with Crippen LogP contribution in [0.4, 0.5) is 0 Å². The quantitative estimate of drug-likeness (QED) is 0.890. The Morgan fingerprint density at radius 3 is 2.67 bits per heavy atom. The summed E-state index contributed by atoms with van der Waals surface area (Å²) in [5, 5.41) is 3.19. The molecule has 0 unspecified atom stereocenters. The molecule has 1 aromatic rings. The molecule has 1 aliphatic heterocycles. The molecular weight excluding hydrogens is 339 g/mol. The average molecular weight is 352 g/mol. The molecule has 0 bridgehead atoms. The fourth-order valence-electron chi connectivity index (χ4n) is 1.76. The third-order valence-corrected chi connectivity index (χ3v) is 6.19. The summed E-state index contributed by atoms with van der Waals surface area (Å²) in [6.45, 7) is 3.50. The zero-order valence-corrected chi connectivity index (χ0v) is 13.5. The van der Waals surface area contributed by atoms with Gasteiger partial charge in [0, 0.05) is 25.7 Å². The van der Waals surface area contributed by atoms with E-state index in [9.17, 15) is 8.42 Å². The molecule has 1 aromatic heterocycles. The van der Waals surface area contributed by atoms with Crippen LogP contribution < -0.4 is 5.32 Å². The van der Waals surface area contributed by atoms with Crippen LogP contribution in [0.2, 0.25) is 8.67 Å². The third kappa shape index (κ3) is 3.30. The van der Waals surface area contributed by atoms with E-state index >= 15 is 0 Å². The molecule has 1 N–H and O–H groups in total. The Kier molecular flexibility index (Phi) is 5.74. The summed E-state index contributed by atoms with van der Waals surface area (Å²) in [6.07, 6.45) is 0. The second-order valence-electron chi connectivity index (χ2n) is 3.91. The molecule has 0 aliphatic carbocycles. The van der Waals surface area contributed by atoms with Crippen molar-refractivity contribution in [2.75, 3.05) is 19.6 Å². The largest absolute Gasteiger partial charge is 0.312 e. The van der Waals surface area contributed by atoms with E-state index in [4.69, 9.17) is 23.2 Å². The predicted molar refractivity (Wildman–Crippen MR) is 77.8 cm³/mol. The Morgan fingerprint density at radius 1 is 1.50 bits per heavy atom. The topological polar surface area (TPSA) is 49.4 Å². The lowest BCUT2D eigenvalue weighted by atomic mass is 10.3. The summed E-state index contributed by atoms with van der Waals surface area (Å²) in [5.74, 6) is 0. The minimum atomic E-state index is -3.52. The maximum atomic E-state index is 12.3. The Labute approximate surface area is 127 Å². The fraction of sp³-hybridized carbons (Fsp3) is 0.556. The molecular formula is C9H13Cl3N2O2S2. The van der Waals surface area contributed by atoms with Crippen LogP contribution in [-0.2, 0) is 10.0 Å². The van der Waals surface area contributed by atoms with Crippen molar-refractivity contribution in [2.45, 2.75) is 17.9 Å². The van der Waals surface area contributed by atoms with Crippen molar-refractivity contribution in [1.29, 1.82) is 0 Å². The van der Waals surface area contributed by atoms with Gasteiger partial charge in [-0.2, -0.15) is 4.31 Å². The molecule has 0 saturated carbocycles. The molecule has 4 nitrogen and oxygen atoms in total.